The van der Waals surface area contributed by atoms with Crippen LogP contribution in [-0.2, 0) is 4.57 Å². The van der Waals surface area contributed by atoms with Crippen LogP contribution in [0.15, 0.2) is 0 Å². The molecule has 1 atom stereocenters. The average Bonchev–Trinajstić information content (AvgIpc) is 1.79. The second-order valence-electron chi connectivity index (χ2n) is 1.83. The molecular weight excluding hydrogens is 234 g/mol. The van der Waals surface area contributed by atoms with Gasteiger partial charge < -0.3 is 0 Å². The fourth-order valence-electron chi connectivity index (χ4n) is 0.548. The lowest BCUT2D eigenvalue weighted by Gasteiger charge is -2.20. The molecule has 0 aliphatic rings. The van der Waals surface area contributed by atoms with Crippen LogP contribution in [0.1, 0.15) is 6.92 Å². The first-order valence-corrected chi connectivity index (χ1v) is 6.81. The van der Waals surface area contributed by atoms with Gasteiger partial charge in [0.15, 0.2) is 5.63 Å². The van der Waals surface area contributed by atoms with E-state index in [9.17, 15) is 8.96 Å². The van der Waals surface area contributed by atoms with Crippen molar-refractivity contribution in [1.29, 1.82) is 0 Å². The van der Waals surface area contributed by atoms with Gasteiger partial charge in [0.25, 0.3) is 0 Å². The normalized spacial score (nSPS) is 15.5. The van der Waals surface area contributed by atoms with Gasteiger partial charge in [-0.2, -0.15) is 0 Å². The van der Waals surface area contributed by atoms with E-state index in [1.807, 2.05) is 0 Å². The highest BCUT2D eigenvalue weighted by Gasteiger charge is 2.25. The third-order valence-corrected chi connectivity index (χ3v) is 3.57. The predicted molar refractivity (Wildman–Crippen MR) is 47.3 cm³/mol. The van der Waals surface area contributed by atoms with Crippen molar-refractivity contribution in [2.75, 3.05) is 13.1 Å². The first-order valence-electron chi connectivity index (χ1n) is 2.90. The maximum Gasteiger partial charge on any atom is 0.322 e. The number of nitrogens with zero attached hydrogens (tertiary/aromatic N) is 1. The summed E-state index contributed by atoms with van der Waals surface area (Å²) in [5.74, 6) is -3.38. The molecule has 0 rings (SSSR count). The summed E-state index contributed by atoms with van der Waals surface area (Å²) >= 11 is 15.5. The highest BCUT2D eigenvalue weighted by molar-refractivity contribution is 8.06. The van der Waals surface area contributed by atoms with Gasteiger partial charge in [-0.1, -0.05) is 18.5 Å². The van der Waals surface area contributed by atoms with Gasteiger partial charge >= 0.3 is 6.00 Å². The molecule has 0 N–H and O–H groups in total. The van der Waals surface area contributed by atoms with Crippen molar-refractivity contribution in [3.05, 3.63) is 0 Å². The molecule has 7 heteroatoms. The van der Waals surface area contributed by atoms with Crippen LogP contribution in [-0.4, -0.2) is 23.4 Å². The Bertz CT molecular complexity index is 161. The number of hydrogen-bond acceptors (Lipinski definition) is 1. The van der Waals surface area contributed by atoms with E-state index in [1.54, 1.807) is 6.92 Å². The molecule has 0 aromatic carbocycles. The Balaban J connectivity index is 4.08. The second-order valence-corrected chi connectivity index (χ2v) is 7.01. The van der Waals surface area contributed by atoms with Crippen molar-refractivity contribution in [2.24, 2.45) is 0 Å². The lowest BCUT2D eigenvalue weighted by Crippen LogP contribution is -2.22. The van der Waals surface area contributed by atoms with Gasteiger partial charge in [0.1, 0.15) is 0 Å². The number of halogens is 4. The van der Waals surface area contributed by atoms with Gasteiger partial charge in [-0.05, 0) is 22.5 Å². The second kappa shape index (κ2) is 4.88. The molecule has 1 unspecified atom stereocenters. The van der Waals surface area contributed by atoms with Gasteiger partial charge in [-0.3, -0.25) is 4.57 Å². The lowest BCUT2D eigenvalue weighted by atomic mass is 10.6. The summed E-state index contributed by atoms with van der Waals surface area (Å²) < 4.78 is 24.2. The predicted octanol–water partition coefficient (Wildman–Crippen LogP) is 3.43. The molecule has 0 spiro atoms. The zero-order chi connectivity index (χ0) is 9.07. The Morgan fingerprint density at radius 1 is 1.64 bits per heavy atom. The molecule has 0 aliphatic carbocycles. The standard InChI is InChI=1S/C4H8Cl3FNOP/c1-2-9(3-4(5)8)11(6,7)10/h4H,2-3H2,1H3. The molecule has 0 aliphatic heterocycles. The van der Waals surface area contributed by atoms with E-state index in [1.165, 1.54) is 0 Å². The molecule has 0 amide bonds. The van der Waals surface area contributed by atoms with Crippen LogP contribution in [0.4, 0.5) is 4.39 Å². The zero-order valence-corrected chi connectivity index (χ0v) is 8.97. The van der Waals surface area contributed by atoms with Crippen LogP contribution in [0.25, 0.3) is 0 Å². The minimum atomic E-state index is -3.38. The van der Waals surface area contributed by atoms with Crippen molar-refractivity contribution in [1.82, 2.24) is 4.67 Å². The van der Waals surface area contributed by atoms with Gasteiger partial charge in [0.05, 0.1) is 6.54 Å². The number of rotatable bonds is 4. The molecule has 0 aromatic rings. The Morgan fingerprint density at radius 2 is 2.09 bits per heavy atom. The Hall–Kier alpha value is 0.990. The molecule has 2 nitrogen and oxygen atoms in total. The van der Waals surface area contributed by atoms with E-state index >= 15 is 0 Å². The van der Waals surface area contributed by atoms with E-state index in [-0.39, 0.29) is 6.54 Å². The fourth-order valence-corrected chi connectivity index (χ4v) is 2.49. The molecule has 0 aromatic heterocycles. The van der Waals surface area contributed by atoms with Crippen LogP contribution < -0.4 is 0 Å². The third kappa shape index (κ3) is 5.26. The molecule has 0 bridgehead atoms. The summed E-state index contributed by atoms with van der Waals surface area (Å²) in [5, 5.41) is 0. The Labute approximate surface area is 79.6 Å². The summed E-state index contributed by atoms with van der Waals surface area (Å²) in [6.07, 6.45) is 0. The summed E-state index contributed by atoms with van der Waals surface area (Å²) in [6, 6.07) is 0. The van der Waals surface area contributed by atoms with Crippen molar-refractivity contribution in [3.63, 3.8) is 0 Å². The van der Waals surface area contributed by atoms with E-state index in [2.05, 4.69) is 0 Å². The first kappa shape index (κ1) is 12.0. The maximum absolute atomic E-state index is 12.2. The Kier molecular flexibility index (Phi) is 5.32. The SMILES string of the molecule is CCN(CC(F)Cl)P(=O)(Cl)Cl. The van der Waals surface area contributed by atoms with Crippen molar-refractivity contribution >= 4 is 40.1 Å². The van der Waals surface area contributed by atoms with E-state index in [0.717, 1.165) is 4.67 Å². The van der Waals surface area contributed by atoms with Crippen molar-refractivity contribution < 1.29 is 8.96 Å². The molecule has 0 fully saturated rings. The summed E-state index contributed by atoms with van der Waals surface area (Å²) in [5.41, 5.74) is -1.60. The third-order valence-electron chi connectivity index (χ3n) is 1.04. The monoisotopic (exact) mass is 241 g/mol. The minimum absolute atomic E-state index is 0.220. The topological polar surface area (TPSA) is 20.3 Å². The van der Waals surface area contributed by atoms with Crippen LogP contribution in [0.3, 0.4) is 0 Å². The van der Waals surface area contributed by atoms with Crippen LogP contribution in [0.5, 0.6) is 0 Å². The summed E-state index contributed by atoms with van der Waals surface area (Å²) in [6.45, 7) is 1.75. The number of hydrogen-bond donors (Lipinski definition) is 0. The quantitative estimate of drug-likeness (QED) is 0.556. The summed E-state index contributed by atoms with van der Waals surface area (Å²) in [4.78, 5) is 0. The van der Waals surface area contributed by atoms with E-state index < -0.39 is 11.6 Å². The molecule has 11 heavy (non-hydrogen) atoms. The summed E-state index contributed by atoms with van der Waals surface area (Å²) in [7, 11) is 0. The number of alkyl halides is 2. The lowest BCUT2D eigenvalue weighted by molar-refractivity contribution is 0.344. The smallest absolute Gasteiger partial charge is 0.271 e. The van der Waals surface area contributed by atoms with E-state index in [0.29, 0.717) is 6.54 Å². The highest BCUT2D eigenvalue weighted by Crippen LogP contribution is 2.59. The molecule has 68 valence electrons. The maximum atomic E-state index is 12.2. The van der Waals surface area contributed by atoms with Crippen LogP contribution >= 0.6 is 40.1 Å². The van der Waals surface area contributed by atoms with Gasteiger partial charge in [-0.25, -0.2) is 9.06 Å². The van der Waals surface area contributed by atoms with Gasteiger partial charge in [0, 0.05) is 6.54 Å². The molecule has 0 saturated heterocycles. The highest BCUT2D eigenvalue weighted by atomic mass is 35.9. The minimum Gasteiger partial charge on any atom is -0.271 e. The molecule has 0 radical (unpaired) electrons. The molecular formula is C4H8Cl3FNOP. The average molecular weight is 242 g/mol. The molecule has 0 saturated carbocycles. The first-order chi connectivity index (χ1) is 4.88. The van der Waals surface area contributed by atoms with Crippen LogP contribution in [0.2, 0.25) is 0 Å². The Morgan fingerprint density at radius 3 is 2.18 bits per heavy atom. The van der Waals surface area contributed by atoms with E-state index in [4.69, 9.17) is 34.1 Å². The fraction of sp³-hybridized carbons (Fsp3) is 1.00. The van der Waals surface area contributed by atoms with Crippen molar-refractivity contribution in [3.8, 4) is 0 Å². The van der Waals surface area contributed by atoms with Gasteiger partial charge in [-0.15, -0.1) is 0 Å². The largest absolute Gasteiger partial charge is 0.322 e. The van der Waals surface area contributed by atoms with Crippen molar-refractivity contribution in [2.45, 2.75) is 12.6 Å². The van der Waals surface area contributed by atoms with Crippen LogP contribution in [0, 0.1) is 0 Å². The zero-order valence-electron chi connectivity index (χ0n) is 5.81. The van der Waals surface area contributed by atoms with Gasteiger partial charge in [0.2, 0.25) is 0 Å². The molecule has 0 heterocycles.